The van der Waals surface area contributed by atoms with Gasteiger partial charge in [0.25, 0.3) is 0 Å². The standard InChI is InChI=1S/C24H26N4O8S/c1-24(2,3)35-23(32)27-11-10-15-16(12-27)37-20(17(15)21(30)34-5)25-19(29)18-22(31)36-26-28(18)13-6-8-14(33-4)9-7-13/h6-9H,10-12H2,1-5H3,(H-,25,26,29,30,31)/p+1. The van der Waals surface area contributed by atoms with Crippen LogP contribution in [0.3, 0.4) is 0 Å². The van der Waals surface area contributed by atoms with E-state index < -0.39 is 29.2 Å². The summed E-state index contributed by atoms with van der Waals surface area (Å²) in [5.41, 5.74) is -0.566. The van der Waals surface area contributed by atoms with E-state index in [0.717, 1.165) is 11.3 Å². The maximum absolute atomic E-state index is 13.3. The van der Waals surface area contributed by atoms with Gasteiger partial charge in [-0.05, 0) is 54.8 Å². The number of rotatable bonds is 5. The number of ether oxygens (including phenoxy) is 3. The average molecular weight is 532 g/mol. The highest BCUT2D eigenvalue weighted by atomic mass is 32.1. The van der Waals surface area contributed by atoms with Crippen molar-refractivity contribution in [3.8, 4) is 11.4 Å². The molecule has 0 unspecified atom stereocenters. The van der Waals surface area contributed by atoms with Crippen LogP contribution in [-0.2, 0) is 22.4 Å². The van der Waals surface area contributed by atoms with Gasteiger partial charge in [-0.25, -0.2) is 14.4 Å². The number of benzene rings is 1. The summed E-state index contributed by atoms with van der Waals surface area (Å²) in [4.78, 5) is 53.2. The maximum atomic E-state index is 13.3. The van der Waals surface area contributed by atoms with Crippen LogP contribution in [0.5, 0.6) is 5.75 Å². The summed E-state index contributed by atoms with van der Waals surface area (Å²) in [7, 11) is 2.76. The lowest BCUT2D eigenvalue weighted by atomic mass is 10.0. The van der Waals surface area contributed by atoms with E-state index in [4.69, 9.17) is 18.7 Å². The van der Waals surface area contributed by atoms with Gasteiger partial charge < -0.3 is 24.4 Å². The number of amides is 2. The Kier molecular flexibility index (Phi) is 7.07. The molecule has 0 aliphatic carbocycles. The van der Waals surface area contributed by atoms with Crippen LogP contribution in [0.4, 0.5) is 9.80 Å². The Morgan fingerprint density at radius 3 is 2.49 bits per heavy atom. The zero-order chi connectivity index (χ0) is 26.9. The lowest BCUT2D eigenvalue weighted by molar-refractivity contribution is -0.672. The molecule has 12 nitrogen and oxygen atoms in total. The van der Waals surface area contributed by atoms with E-state index in [9.17, 15) is 19.2 Å². The normalized spacial score (nSPS) is 13.1. The Bertz CT molecular complexity index is 1400. The van der Waals surface area contributed by atoms with Crippen LogP contribution in [-0.4, -0.2) is 54.5 Å². The monoisotopic (exact) mass is 531 g/mol. The smallest absolute Gasteiger partial charge is 0.441 e. The van der Waals surface area contributed by atoms with Gasteiger partial charge in [0.05, 0.1) is 26.3 Å². The highest BCUT2D eigenvalue weighted by Gasteiger charge is 2.36. The van der Waals surface area contributed by atoms with Crippen LogP contribution in [0, 0.1) is 0 Å². The first-order chi connectivity index (χ1) is 17.5. The Hall–Kier alpha value is -4.13. The van der Waals surface area contributed by atoms with Gasteiger partial charge >= 0.3 is 29.3 Å². The summed E-state index contributed by atoms with van der Waals surface area (Å²) in [5, 5.41) is 5.27. The quantitative estimate of drug-likeness (QED) is 0.378. The minimum absolute atomic E-state index is 0.190. The SMILES string of the molecule is COC(=O)c1c(NC(=O)c2c(=O)o[nH][n+]2-c2ccc(OC)cc2)sc2c1CCN(C(=O)OC(C)(C)C)C2. The molecule has 1 aliphatic rings. The Labute approximate surface area is 215 Å². The van der Waals surface area contributed by atoms with Crippen molar-refractivity contribution in [2.75, 3.05) is 26.1 Å². The molecule has 0 fully saturated rings. The van der Waals surface area contributed by atoms with Crippen molar-refractivity contribution in [3.63, 3.8) is 0 Å². The highest BCUT2D eigenvalue weighted by Crippen LogP contribution is 2.38. The van der Waals surface area contributed by atoms with E-state index >= 15 is 0 Å². The number of fused-ring (bicyclic) bond motifs is 1. The molecule has 2 aromatic heterocycles. The Morgan fingerprint density at radius 2 is 1.86 bits per heavy atom. The van der Waals surface area contributed by atoms with Crippen LogP contribution >= 0.6 is 11.3 Å². The first-order valence-electron chi connectivity index (χ1n) is 11.3. The molecule has 0 spiro atoms. The zero-order valence-corrected chi connectivity index (χ0v) is 21.8. The van der Waals surface area contributed by atoms with Gasteiger partial charge in [-0.15, -0.1) is 11.3 Å². The number of carbonyl (C=O) groups is 3. The Morgan fingerprint density at radius 1 is 1.16 bits per heavy atom. The van der Waals surface area contributed by atoms with E-state index in [1.165, 1.54) is 23.8 Å². The number of carbonyl (C=O) groups excluding carboxylic acids is 3. The average Bonchev–Trinajstić information content (AvgIpc) is 3.41. The van der Waals surface area contributed by atoms with Crippen LogP contribution in [0.25, 0.3) is 5.69 Å². The van der Waals surface area contributed by atoms with Gasteiger partial charge in [0.1, 0.15) is 16.4 Å². The van der Waals surface area contributed by atoms with Gasteiger partial charge in [-0.1, -0.05) is 0 Å². The fourth-order valence-electron chi connectivity index (χ4n) is 3.83. The molecular formula is C24H27N4O8S+. The van der Waals surface area contributed by atoms with E-state index in [1.807, 2.05) is 0 Å². The van der Waals surface area contributed by atoms with Crippen molar-refractivity contribution in [2.45, 2.75) is 39.3 Å². The molecule has 0 saturated heterocycles. The lowest BCUT2D eigenvalue weighted by Gasteiger charge is -2.30. The van der Waals surface area contributed by atoms with Gasteiger partial charge in [0.15, 0.2) is 0 Å². The molecule has 37 heavy (non-hydrogen) atoms. The third-order valence-electron chi connectivity index (χ3n) is 5.52. The predicted molar refractivity (Wildman–Crippen MR) is 131 cm³/mol. The molecule has 0 radical (unpaired) electrons. The number of esters is 1. The minimum Gasteiger partial charge on any atom is -0.497 e. The molecule has 0 atom stereocenters. The summed E-state index contributed by atoms with van der Waals surface area (Å²) >= 11 is 1.13. The topological polar surface area (TPSA) is 144 Å². The summed E-state index contributed by atoms with van der Waals surface area (Å²) in [6.07, 6.45) is -0.106. The second kappa shape index (κ2) is 10.1. The summed E-state index contributed by atoms with van der Waals surface area (Å²) in [5.74, 6) is -0.838. The molecular weight excluding hydrogens is 504 g/mol. The number of methoxy groups -OCH3 is 2. The third kappa shape index (κ3) is 5.35. The largest absolute Gasteiger partial charge is 0.497 e. The van der Waals surface area contributed by atoms with Crippen molar-refractivity contribution in [1.29, 1.82) is 0 Å². The van der Waals surface area contributed by atoms with Crippen molar-refractivity contribution >= 4 is 34.3 Å². The van der Waals surface area contributed by atoms with Crippen molar-refractivity contribution in [2.24, 2.45) is 0 Å². The second-order valence-corrected chi connectivity index (χ2v) is 10.3. The van der Waals surface area contributed by atoms with Crippen molar-refractivity contribution in [3.05, 3.63) is 56.4 Å². The number of hydrogen-bond acceptors (Lipinski definition) is 9. The molecule has 196 valence electrons. The number of aromatic amines is 1. The van der Waals surface area contributed by atoms with Crippen LogP contribution in [0.2, 0.25) is 0 Å². The highest BCUT2D eigenvalue weighted by molar-refractivity contribution is 7.17. The Balaban J connectivity index is 1.65. The molecule has 4 rings (SSSR count). The molecule has 13 heteroatoms. The first kappa shape index (κ1) is 25.9. The van der Waals surface area contributed by atoms with Crippen molar-refractivity contribution in [1.82, 2.24) is 10.2 Å². The maximum Gasteiger partial charge on any atom is 0.441 e. The molecule has 1 aromatic carbocycles. The number of thiophene rings is 1. The predicted octanol–water partition coefficient (Wildman–Crippen LogP) is 2.65. The molecule has 3 heterocycles. The number of anilines is 1. The van der Waals surface area contributed by atoms with Gasteiger partial charge in [0, 0.05) is 23.6 Å². The molecule has 2 amide bonds. The fraction of sp³-hybridized carbons (Fsp3) is 0.375. The van der Waals surface area contributed by atoms with Crippen LogP contribution in [0.1, 0.15) is 52.1 Å². The molecule has 1 aliphatic heterocycles. The van der Waals surface area contributed by atoms with Crippen LogP contribution in [0.15, 0.2) is 33.6 Å². The summed E-state index contributed by atoms with van der Waals surface area (Å²) in [6, 6.07) is 6.59. The number of hydrogen-bond donors (Lipinski definition) is 2. The van der Waals surface area contributed by atoms with Gasteiger partial charge in [0.2, 0.25) is 5.69 Å². The molecule has 3 aromatic rings. The summed E-state index contributed by atoms with van der Waals surface area (Å²) in [6.45, 7) is 5.88. The van der Waals surface area contributed by atoms with Gasteiger partial charge in [-0.3, -0.25) is 9.32 Å². The molecule has 0 saturated carbocycles. The van der Waals surface area contributed by atoms with Crippen molar-refractivity contribution < 1.29 is 37.8 Å². The summed E-state index contributed by atoms with van der Waals surface area (Å²) < 4.78 is 21.6. The van der Waals surface area contributed by atoms with Crippen LogP contribution < -0.4 is 20.4 Å². The molecule has 2 N–H and O–H groups in total. The minimum atomic E-state index is -0.898. The lowest BCUT2D eigenvalue weighted by Crippen LogP contribution is -2.42. The third-order valence-corrected chi connectivity index (χ3v) is 6.65. The number of H-pyrrole nitrogens is 1. The molecule has 0 bridgehead atoms. The second-order valence-electron chi connectivity index (χ2n) is 9.17. The first-order valence-corrected chi connectivity index (χ1v) is 12.1. The van der Waals surface area contributed by atoms with E-state index in [0.29, 0.717) is 34.8 Å². The van der Waals surface area contributed by atoms with E-state index in [1.54, 1.807) is 45.0 Å². The van der Waals surface area contributed by atoms with Gasteiger partial charge in [-0.2, -0.15) is 0 Å². The number of nitrogens with one attached hydrogen (secondary N) is 2. The van der Waals surface area contributed by atoms with E-state index in [2.05, 4.69) is 10.6 Å². The zero-order valence-electron chi connectivity index (χ0n) is 21.0. The fourth-order valence-corrected chi connectivity index (χ4v) is 5.08. The number of nitrogens with zero attached hydrogens (tertiary/aromatic N) is 2. The van der Waals surface area contributed by atoms with E-state index in [-0.39, 0.29) is 22.8 Å². The number of aromatic nitrogens is 2.